The maximum atomic E-state index is 2.78. The summed E-state index contributed by atoms with van der Waals surface area (Å²) < 4.78 is 5.17. The summed E-state index contributed by atoms with van der Waals surface area (Å²) in [6.45, 7) is 7.51. The molecule has 1 aliphatic rings. The number of allylic oxidation sites excluding steroid dienone is 4. The predicted molar refractivity (Wildman–Crippen MR) is 157 cm³/mol. The molecular formula is C33H45SiTi. The van der Waals surface area contributed by atoms with Crippen molar-refractivity contribution in [1.29, 1.82) is 0 Å². The molecule has 4 rings (SSSR count). The van der Waals surface area contributed by atoms with Crippen LogP contribution in [0.25, 0.3) is 0 Å². The van der Waals surface area contributed by atoms with Crippen molar-refractivity contribution in [1.82, 2.24) is 0 Å². The van der Waals surface area contributed by atoms with Gasteiger partial charge in [0.1, 0.15) is 0 Å². The Kier molecular flexibility index (Phi) is 6.00. The van der Waals surface area contributed by atoms with Crippen molar-refractivity contribution in [2.24, 2.45) is 0 Å². The van der Waals surface area contributed by atoms with Crippen molar-refractivity contribution in [3.8, 4) is 0 Å². The Balaban J connectivity index is 1.96. The molecule has 0 unspecified atom stereocenters. The van der Waals surface area contributed by atoms with E-state index < -0.39 is 20.8 Å². The van der Waals surface area contributed by atoms with Crippen molar-refractivity contribution < 1.29 is 12.7 Å². The molecule has 0 atom stereocenters. The van der Waals surface area contributed by atoms with E-state index in [9.17, 15) is 0 Å². The van der Waals surface area contributed by atoms with Crippen molar-refractivity contribution in [3.05, 3.63) is 129 Å². The molecule has 3 aromatic rings. The van der Waals surface area contributed by atoms with Crippen LogP contribution in [0.15, 0.2) is 113 Å². The Morgan fingerprint density at radius 1 is 0.571 bits per heavy atom. The van der Waals surface area contributed by atoms with Crippen LogP contribution in [0.2, 0.25) is 41.4 Å². The van der Waals surface area contributed by atoms with Gasteiger partial charge in [0.15, 0.2) is 0 Å². The average Bonchev–Trinajstić information content (AvgIpc) is 3.24. The van der Waals surface area contributed by atoms with Gasteiger partial charge in [0.2, 0.25) is 0 Å². The Labute approximate surface area is 211 Å². The first-order valence-electron chi connectivity index (χ1n) is 13.4. The van der Waals surface area contributed by atoms with Crippen LogP contribution in [-0.4, -0.2) is 8.07 Å². The predicted octanol–water partition coefficient (Wildman–Crippen LogP) is 10.0. The number of rotatable bonds is 9. The van der Waals surface area contributed by atoms with Crippen LogP contribution < -0.4 is 0 Å². The first-order valence-corrected chi connectivity index (χ1v) is 25.9. The summed E-state index contributed by atoms with van der Waals surface area (Å²) in [7, 11) is -1.19. The van der Waals surface area contributed by atoms with Gasteiger partial charge in [-0.05, 0) is 0 Å². The van der Waals surface area contributed by atoms with Gasteiger partial charge >= 0.3 is 212 Å². The van der Waals surface area contributed by atoms with Crippen LogP contribution in [0, 0.1) is 0 Å². The van der Waals surface area contributed by atoms with E-state index in [2.05, 4.69) is 138 Å². The van der Waals surface area contributed by atoms with Crippen molar-refractivity contribution >= 4 is 8.07 Å². The normalized spacial score (nSPS) is 17.5. The Bertz CT molecular complexity index is 1160. The standard InChI is InChI=1S/C9H15Si.3C7H7.3CH3.Ti/c1-10(2,3)8-9-6-4-5-7-9;3*1-7-5-3-2-4-6-7;;;;/h4,6H,7-8H2,1-3H3;3*2-6H,1H2;3*1H3;. The fourth-order valence-corrected chi connectivity index (χ4v) is 24.6. The zero-order valence-corrected chi connectivity index (χ0v) is 25.4. The molecule has 2 heteroatoms. The van der Waals surface area contributed by atoms with Crippen LogP contribution in [-0.2, 0) is 26.9 Å². The first-order chi connectivity index (χ1) is 16.2. The first kappa shape index (κ1) is 26.1. The van der Waals surface area contributed by atoms with E-state index in [4.69, 9.17) is 0 Å². The molecule has 0 aromatic heterocycles. The molecule has 0 fully saturated rings. The van der Waals surface area contributed by atoms with Crippen molar-refractivity contribution in [3.63, 3.8) is 0 Å². The molecule has 3 aromatic carbocycles. The third-order valence-electron chi connectivity index (χ3n) is 9.09. The van der Waals surface area contributed by atoms with Gasteiger partial charge in [0, 0.05) is 0 Å². The monoisotopic (exact) mass is 517 g/mol. The maximum absolute atomic E-state index is 4.60. The quantitative estimate of drug-likeness (QED) is 0.248. The fraction of sp³-hybridized carbons (Fsp3) is 0.333. The number of benzene rings is 3. The summed E-state index contributed by atoms with van der Waals surface area (Å²) in [4.78, 5) is 0. The Morgan fingerprint density at radius 2 is 0.943 bits per heavy atom. The van der Waals surface area contributed by atoms with Crippen LogP contribution >= 0.6 is 0 Å². The topological polar surface area (TPSA) is 0 Å². The summed E-state index contributed by atoms with van der Waals surface area (Å²) in [5.74, 6) is 0. The van der Waals surface area contributed by atoms with Crippen LogP contribution in [0.4, 0.5) is 0 Å². The molecule has 0 amide bonds. The van der Waals surface area contributed by atoms with Gasteiger partial charge in [-0.15, -0.1) is 0 Å². The van der Waals surface area contributed by atoms with Gasteiger partial charge in [-0.25, -0.2) is 0 Å². The molecule has 0 saturated carbocycles. The zero-order valence-electron chi connectivity index (χ0n) is 22.9. The molecule has 0 aliphatic heterocycles. The molecule has 0 heterocycles. The van der Waals surface area contributed by atoms with E-state index in [1.165, 1.54) is 22.7 Å². The third-order valence-corrected chi connectivity index (χ3v) is 26.3. The van der Waals surface area contributed by atoms with Crippen LogP contribution in [0.5, 0.6) is 0 Å². The van der Waals surface area contributed by atoms with Gasteiger partial charge in [-0.2, -0.15) is 0 Å². The molecule has 0 radical (unpaired) electrons. The molecular weight excluding hydrogens is 472 g/mol. The summed E-state index contributed by atoms with van der Waals surface area (Å²) >= 11 is -4.60. The second kappa shape index (κ2) is 8.04. The van der Waals surface area contributed by atoms with Crippen molar-refractivity contribution in [2.75, 3.05) is 0 Å². The van der Waals surface area contributed by atoms with Gasteiger partial charge in [0.05, 0.1) is 0 Å². The van der Waals surface area contributed by atoms with Gasteiger partial charge in [-0.1, -0.05) is 0 Å². The molecule has 35 heavy (non-hydrogen) atoms. The Morgan fingerprint density at radius 3 is 1.29 bits per heavy atom. The van der Waals surface area contributed by atoms with E-state index in [1.54, 1.807) is 9.45 Å². The summed E-state index contributed by atoms with van der Waals surface area (Å²) in [6, 6.07) is 35.3. The van der Waals surface area contributed by atoms with Gasteiger partial charge < -0.3 is 0 Å². The molecule has 0 saturated heterocycles. The number of hydrogen-bond acceptors (Lipinski definition) is 0. The van der Waals surface area contributed by atoms with Crippen LogP contribution in [0.3, 0.4) is 0 Å². The van der Waals surface area contributed by atoms with Crippen molar-refractivity contribution in [2.45, 2.75) is 62.0 Å². The third kappa shape index (κ3) is 5.58. The van der Waals surface area contributed by atoms with E-state index in [1.807, 2.05) is 0 Å². The second-order valence-electron chi connectivity index (χ2n) is 16.1. The molecule has 0 N–H and O–H groups in total. The van der Waals surface area contributed by atoms with E-state index in [0.29, 0.717) is 0 Å². The van der Waals surface area contributed by atoms with E-state index in [0.717, 1.165) is 20.6 Å². The molecule has 0 spiro atoms. The minimum absolute atomic E-state index is 1.14. The Hall–Kier alpha value is -1.93. The molecule has 0 bridgehead atoms. The summed E-state index contributed by atoms with van der Waals surface area (Å²) in [5, 5.41) is 8.34. The van der Waals surface area contributed by atoms with E-state index in [-0.39, 0.29) is 0 Å². The SMILES string of the molecule is C[Si](C)(C)CC1=CC=[C]([Ti]([CH3])([CH3])([CH3])([CH2]c2ccccc2)([CH2]c2ccccc2)[CH2]c2ccccc2)C1. The summed E-state index contributed by atoms with van der Waals surface area (Å²) in [5.41, 5.74) is 6.08. The molecule has 1 aliphatic carbocycles. The number of hydrogen-bond donors (Lipinski definition) is 0. The van der Waals surface area contributed by atoms with Crippen LogP contribution in [0.1, 0.15) is 23.1 Å². The fourth-order valence-electron chi connectivity index (χ4n) is 7.59. The van der Waals surface area contributed by atoms with E-state index >= 15 is 0 Å². The minimum atomic E-state index is -4.60. The van der Waals surface area contributed by atoms with Gasteiger partial charge in [-0.3, -0.25) is 0 Å². The molecule has 0 nitrogen and oxygen atoms in total. The van der Waals surface area contributed by atoms with Gasteiger partial charge in [0.25, 0.3) is 0 Å². The summed E-state index contributed by atoms with van der Waals surface area (Å²) in [6.07, 6.45) is 6.24. The molecule has 185 valence electrons. The average molecular weight is 518 g/mol. The second-order valence-corrected chi connectivity index (χ2v) is 45.2. The zero-order chi connectivity index (χ0) is 25.3.